The average Bonchev–Trinajstić information content (AvgIpc) is 2.94. The highest BCUT2D eigenvalue weighted by atomic mass is 16.5. The summed E-state index contributed by atoms with van der Waals surface area (Å²) in [6, 6.07) is 12.0. The number of nitrogens with one attached hydrogen (secondary N) is 1. The molecule has 0 fully saturated rings. The molecule has 0 unspecified atom stereocenters. The Balaban J connectivity index is 1.97. The van der Waals surface area contributed by atoms with Crippen molar-refractivity contribution in [3.05, 3.63) is 53.2 Å². The van der Waals surface area contributed by atoms with Gasteiger partial charge in [-0.05, 0) is 23.9 Å². The lowest BCUT2D eigenvalue weighted by Crippen LogP contribution is -2.23. The van der Waals surface area contributed by atoms with Gasteiger partial charge in [-0.3, -0.25) is 10.1 Å². The maximum absolute atomic E-state index is 12.1. The first-order valence-electron chi connectivity index (χ1n) is 7.50. The molecule has 2 heterocycles. The number of benzene rings is 2. The molecule has 2 aromatic carbocycles. The molecule has 116 valence electrons. The van der Waals surface area contributed by atoms with Crippen LogP contribution >= 0.6 is 0 Å². The Kier molecular flexibility index (Phi) is 3.08. The number of amides is 1. The highest BCUT2D eigenvalue weighted by Gasteiger charge is 2.33. The van der Waals surface area contributed by atoms with Crippen molar-refractivity contribution in [2.75, 3.05) is 12.4 Å². The van der Waals surface area contributed by atoms with Crippen molar-refractivity contribution < 1.29 is 14.1 Å². The fraction of sp³-hybridized carbons (Fsp3) is 0.222. The Morgan fingerprint density at radius 2 is 2.00 bits per heavy atom. The molecule has 0 bridgehead atoms. The predicted octanol–water partition coefficient (Wildman–Crippen LogP) is 3.62. The summed E-state index contributed by atoms with van der Waals surface area (Å²) in [5.74, 6) is 1.16. The molecule has 0 spiro atoms. The van der Waals surface area contributed by atoms with Gasteiger partial charge in [-0.1, -0.05) is 35.5 Å². The topological polar surface area (TPSA) is 64.4 Å². The van der Waals surface area contributed by atoms with E-state index in [0.29, 0.717) is 12.3 Å². The lowest BCUT2D eigenvalue weighted by molar-refractivity contribution is -0.116. The molecular weight excluding hydrogens is 292 g/mol. The number of methoxy groups -OCH3 is 1. The van der Waals surface area contributed by atoms with Crippen molar-refractivity contribution in [2.45, 2.75) is 19.3 Å². The second kappa shape index (κ2) is 5.12. The third-order valence-corrected chi connectivity index (χ3v) is 4.41. The van der Waals surface area contributed by atoms with Gasteiger partial charge in [-0.25, -0.2) is 0 Å². The standard InChI is InChI=1S/C18H16N2O3/c1-10-17-14(9-16(21)19-18(17)23-20-10)12-7-8-15(22-2)13-6-4-3-5-11(12)13/h3-8,14H,9H2,1-2H3,(H,19,21)/t14-/m1/s1. The number of hydrogen-bond donors (Lipinski definition) is 1. The molecule has 0 aliphatic carbocycles. The minimum atomic E-state index is -0.0687. The summed E-state index contributed by atoms with van der Waals surface area (Å²) in [6.07, 6.45) is 0.380. The Hall–Kier alpha value is -2.82. The van der Waals surface area contributed by atoms with Crippen molar-refractivity contribution in [3.8, 4) is 5.75 Å². The smallest absolute Gasteiger partial charge is 0.235 e. The van der Waals surface area contributed by atoms with Gasteiger partial charge < -0.3 is 9.26 Å². The summed E-state index contributed by atoms with van der Waals surface area (Å²) in [5.41, 5.74) is 2.86. The van der Waals surface area contributed by atoms with Crippen LogP contribution in [0.4, 0.5) is 5.88 Å². The summed E-state index contributed by atoms with van der Waals surface area (Å²) >= 11 is 0. The normalized spacial score (nSPS) is 17.0. The van der Waals surface area contributed by atoms with Gasteiger partial charge in [0, 0.05) is 23.3 Å². The number of carbonyl (C=O) groups is 1. The van der Waals surface area contributed by atoms with Crippen molar-refractivity contribution >= 4 is 22.6 Å². The third-order valence-electron chi connectivity index (χ3n) is 4.41. The van der Waals surface area contributed by atoms with Crippen molar-refractivity contribution in [1.82, 2.24) is 5.16 Å². The minimum absolute atomic E-state index is 0.0569. The molecule has 1 aliphatic rings. The van der Waals surface area contributed by atoms with E-state index in [1.807, 2.05) is 37.3 Å². The summed E-state index contributed by atoms with van der Waals surface area (Å²) in [5, 5.41) is 8.88. The number of ether oxygens (including phenoxy) is 1. The molecule has 1 atom stereocenters. The third kappa shape index (κ3) is 2.08. The number of anilines is 1. The zero-order valence-corrected chi connectivity index (χ0v) is 12.9. The van der Waals surface area contributed by atoms with Gasteiger partial charge in [-0.15, -0.1) is 0 Å². The fourth-order valence-corrected chi connectivity index (χ4v) is 3.38. The molecule has 1 aliphatic heterocycles. The van der Waals surface area contributed by atoms with Crippen LogP contribution in [0.2, 0.25) is 0 Å². The second-order valence-electron chi connectivity index (χ2n) is 5.72. The Morgan fingerprint density at radius 1 is 1.22 bits per heavy atom. The molecule has 0 radical (unpaired) electrons. The summed E-state index contributed by atoms with van der Waals surface area (Å²) in [7, 11) is 1.66. The van der Waals surface area contributed by atoms with E-state index >= 15 is 0 Å². The van der Waals surface area contributed by atoms with Gasteiger partial charge in [-0.2, -0.15) is 0 Å². The number of aryl methyl sites for hydroxylation is 1. The second-order valence-corrected chi connectivity index (χ2v) is 5.72. The lowest BCUT2D eigenvalue weighted by Gasteiger charge is -2.23. The van der Waals surface area contributed by atoms with Crippen LogP contribution in [0.15, 0.2) is 40.9 Å². The molecule has 0 saturated heterocycles. The van der Waals surface area contributed by atoms with E-state index in [2.05, 4.69) is 16.5 Å². The van der Waals surface area contributed by atoms with E-state index in [1.54, 1.807) is 7.11 Å². The number of fused-ring (bicyclic) bond motifs is 2. The summed E-state index contributed by atoms with van der Waals surface area (Å²) in [6.45, 7) is 1.90. The SMILES string of the molecule is COc1ccc([C@H]2CC(=O)Nc3onc(C)c32)c2ccccc12. The lowest BCUT2D eigenvalue weighted by atomic mass is 9.83. The van der Waals surface area contributed by atoms with Gasteiger partial charge in [0.15, 0.2) is 0 Å². The van der Waals surface area contributed by atoms with Crippen LogP contribution in [0.1, 0.15) is 29.2 Å². The summed E-state index contributed by atoms with van der Waals surface area (Å²) < 4.78 is 10.7. The van der Waals surface area contributed by atoms with Gasteiger partial charge in [0.1, 0.15) is 5.75 Å². The molecule has 23 heavy (non-hydrogen) atoms. The molecule has 1 N–H and O–H groups in total. The first-order chi connectivity index (χ1) is 11.2. The van der Waals surface area contributed by atoms with E-state index in [9.17, 15) is 4.79 Å². The first-order valence-corrected chi connectivity index (χ1v) is 7.50. The molecule has 1 amide bonds. The number of rotatable bonds is 2. The van der Waals surface area contributed by atoms with Gasteiger partial charge in [0.05, 0.1) is 12.8 Å². The fourth-order valence-electron chi connectivity index (χ4n) is 3.38. The van der Waals surface area contributed by atoms with Crippen LogP contribution in [-0.2, 0) is 4.79 Å². The molecule has 4 rings (SSSR count). The number of carbonyl (C=O) groups excluding carboxylic acids is 1. The highest BCUT2D eigenvalue weighted by Crippen LogP contribution is 2.42. The molecule has 1 aromatic heterocycles. The van der Waals surface area contributed by atoms with Crippen LogP contribution in [0.5, 0.6) is 5.75 Å². The molecule has 0 saturated carbocycles. The largest absolute Gasteiger partial charge is 0.496 e. The number of aromatic nitrogens is 1. The zero-order chi connectivity index (χ0) is 16.0. The predicted molar refractivity (Wildman–Crippen MR) is 86.8 cm³/mol. The summed E-state index contributed by atoms with van der Waals surface area (Å²) in [4.78, 5) is 12.1. The number of hydrogen-bond acceptors (Lipinski definition) is 4. The van der Waals surface area contributed by atoms with Crippen LogP contribution < -0.4 is 10.1 Å². The van der Waals surface area contributed by atoms with E-state index in [0.717, 1.165) is 33.3 Å². The van der Waals surface area contributed by atoms with Crippen LogP contribution in [-0.4, -0.2) is 18.2 Å². The molecular formula is C18H16N2O3. The van der Waals surface area contributed by atoms with Crippen LogP contribution in [0, 0.1) is 6.92 Å². The van der Waals surface area contributed by atoms with Gasteiger partial charge in [0.25, 0.3) is 0 Å². The number of nitrogens with zero attached hydrogens (tertiary/aromatic N) is 1. The average molecular weight is 308 g/mol. The van der Waals surface area contributed by atoms with Gasteiger partial charge >= 0.3 is 0 Å². The maximum atomic E-state index is 12.1. The van der Waals surface area contributed by atoms with Crippen LogP contribution in [0.3, 0.4) is 0 Å². The maximum Gasteiger partial charge on any atom is 0.235 e. The quantitative estimate of drug-likeness (QED) is 0.785. The van der Waals surface area contributed by atoms with Crippen molar-refractivity contribution in [3.63, 3.8) is 0 Å². The van der Waals surface area contributed by atoms with Crippen LogP contribution in [0.25, 0.3) is 10.8 Å². The van der Waals surface area contributed by atoms with Crippen molar-refractivity contribution in [1.29, 1.82) is 0 Å². The Labute approximate surface area is 133 Å². The van der Waals surface area contributed by atoms with E-state index in [4.69, 9.17) is 9.26 Å². The Bertz CT molecular complexity index is 914. The first kappa shape index (κ1) is 13.8. The van der Waals surface area contributed by atoms with E-state index < -0.39 is 0 Å². The monoisotopic (exact) mass is 308 g/mol. The van der Waals surface area contributed by atoms with Gasteiger partial charge in [0.2, 0.25) is 11.8 Å². The van der Waals surface area contributed by atoms with Crippen molar-refractivity contribution in [2.24, 2.45) is 0 Å². The highest BCUT2D eigenvalue weighted by molar-refractivity contribution is 5.97. The molecule has 3 aromatic rings. The minimum Gasteiger partial charge on any atom is -0.496 e. The molecule has 5 heteroatoms. The van der Waals surface area contributed by atoms with E-state index in [1.165, 1.54) is 0 Å². The van der Waals surface area contributed by atoms with E-state index in [-0.39, 0.29) is 11.8 Å². The molecule has 5 nitrogen and oxygen atoms in total. The zero-order valence-electron chi connectivity index (χ0n) is 12.9. The Morgan fingerprint density at radius 3 is 2.78 bits per heavy atom.